The third-order valence-corrected chi connectivity index (χ3v) is 6.42. The Bertz CT molecular complexity index is 662. The summed E-state index contributed by atoms with van der Waals surface area (Å²) in [5.41, 5.74) is 0. The second-order valence-corrected chi connectivity index (χ2v) is 7.83. The minimum Gasteiger partial charge on any atom is -0.494 e. The summed E-state index contributed by atoms with van der Waals surface area (Å²) in [6.07, 6.45) is 0.817. The molecule has 2 aliphatic heterocycles. The van der Waals surface area contributed by atoms with Crippen LogP contribution >= 0.6 is 0 Å². The lowest BCUT2D eigenvalue weighted by atomic mass is 10.2. The molecule has 2 fully saturated rings. The van der Waals surface area contributed by atoms with Crippen LogP contribution in [0, 0.1) is 5.82 Å². The van der Waals surface area contributed by atoms with Crippen LogP contribution in [0.2, 0.25) is 0 Å². The number of methoxy groups -OCH3 is 1. The van der Waals surface area contributed by atoms with Gasteiger partial charge in [-0.25, -0.2) is 12.8 Å². The van der Waals surface area contributed by atoms with E-state index < -0.39 is 15.8 Å². The fourth-order valence-corrected chi connectivity index (χ4v) is 4.74. The molecule has 1 aromatic carbocycles. The van der Waals surface area contributed by atoms with Crippen molar-refractivity contribution in [3.05, 3.63) is 24.0 Å². The van der Waals surface area contributed by atoms with Crippen LogP contribution in [0.25, 0.3) is 0 Å². The standard InChI is InChI=1S/C15H22FN3O3S/c1-22-15-3-2-13(10-14(15)16)23(20,21)19-7-4-12(11-19)18-8-5-17-6-9-18/h2-3,10,12,17H,4-9,11H2,1H3. The van der Waals surface area contributed by atoms with Crippen LogP contribution < -0.4 is 10.1 Å². The van der Waals surface area contributed by atoms with Crippen molar-refractivity contribution in [2.24, 2.45) is 0 Å². The molecule has 0 aliphatic carbocycles. The van der Waals surface area contributed by atoms with E-state index >= 15 is 0 Å². The van der Waals surface area contributed by atoms with Crippen LogP contribution in [0.5, 0.6) is 5.75 Å². The number of hydrogen-bond acceptors (Lipinski definition) is 5. The summed E-state index contributed by atoms with van der Waals surface area (Å²) in [6, 6.07) is 4.03. The molecule has 1 N–H and O–H groups in total. The number of sulfonamides is 1. The van der Waals surface area contributed by atoms with Gasteiger partial charge in [0, 0.05) is 45.3 Å². The predicted octanol–water partition coefficient (Wildman–Crippen LogP) is 0.502. The van der Waals surface area contributed by atoms with Gasteiger partial charge in [0.2, 0.25) is 10.0 Å². The highest BCUT2D eigenvalue weighted by Gasteiger charge is 2.35. The highest BCUT2D eigenvalue weighted by molar-refractivity contribution is 7.89. The second-order valence-electron chi connectivity index (χ2n) is 5.89. The monoisotopic (exact) mass is 343 g/mol. The zero-order valence-electron chi connectivity index (χ0n) is 13.2. The van der Waals surface area contributed by atoms with E-state index in [-0.39, 0.29) is 16.7 Å². The summed E-state index contributed by atoms with van der Waals surface area (Å²) in [7, 11) is -2.31. The van der Waals surface area contributed by atoms with Gasteiger partial charge in [-0.3, -0.25) is 4.90 Å². The van der Waals surface area contributed by atoms with E-state index in [0.717, 1.165) is 38.7 Å². The number of rotatable bonds is 4. The Morgan fingerprint density at radius 1 is 1.26 bits per heavy atom. The third-order valence-electron chi connectivity index (χ3n) is 4.56. The van der Waals surface area contributed by atoms with Crippen molar-refractivity contribution in [2.75, 3.05) is 46.4 Å². The van der Waals surface area contributed by atoms with Gasteiger partial charge in [-0.15, -0.1) is 0 Å². The predicted molar refractivity (Wildman–Crippen MR) is 84.6 cm³/mol. The first-order valence-corrected chi connectivity index (χ1v) is 9.25. The number of nitrogens with zero attached hydrogens (tertiary/aromatic N) is 2. The normalized spacial score (nSPS) is 24.0. The Kier molecular flexibility index (Phi) is 4.86. The van der Waals surface area contributed by atoms with E-state index in [9.17, 15) is 12.8 Å². The highest BCUT2D eigenvalue weighted by atomic mass is 32.2. The summed E-state index contributed by atoms with van der Waals surface area (Å²) < 4.78 is 45.5. The molecule has 0 radical (unpaired) electrons. The Morgan fingerprint density at radius 2 is 2.00 bits per heavy atom. The largest absolute Gasteiger partial charge is 0.494 e. The topological polar surface area (TPSA) is 61.9 Å². The summed E-state index contributed by atoms with van der Waals surface area (Å²) in [5.74, 6) is -0.615. The van der Waals surface area contributed by atoms with Crippen LogP contribution in [0.15, 0.2) is 23.1 Å². The molecule has 1 atom stereocenters. The zero-order chi connectivity index (χ0) is 16.4. The quantitative estimate of drug-likeness (QED) is 0.863. The van der Waals surface area contributed by atoms with Crippen LogP contribution in [-0.4, -0.2) is 70.0 Å². The molecule has 0 aromatic heterocycles. The molecule has 6 nitrogen and oxygen atoms in total. The van der Waals surface area contributed by atoms with Gasteiger partial charge in [0.25, 0.3) is 0 Å². The Hall–Kier alpha value is -1.22. The molecule has 8 heteroatoms. The number of ether oxygens (including phenoxy) is 1. The SMILES string of the molecule is COc1ccc(S(=O)(=O)N2CCC(N3CCNCC3)C2)cc1F. The summed E-state index contributed by atoms with van der Waals surface area (Å²) in [4.78, 5) is 2.32. The van der Waals surface area contributed by atoms with E-state index in [1.165, 1.54) is 23.5 Å². The fraction of sp³-hybridized carbons (Fsp3) is 0.600. The van der Waals surface area contributed by atoms with Gasteiger partial charge in [-0.1, -0.05) is 0 Å². The molecule has 2 heterocycles. The van der Waals surface area contributed by atoms with Crippen LogP contribution in [-0.2, 0) is 10.0 Å². The molecule has 1 unspecified atom stereocenters. The minimum atomic E-state index is -3.66. The number of nitrogens with one attached hydrogen (secondary N) is 1. The zero-order valence-corrected chi connectivity index (χ0v) is 14.0. The van der Waals surface area contributed by atoms with E-state index in [0.29, 0.717) is 13.1 Å². The smallest absolute Gasteiger partial charge is 0.243 e. The van der Waals surface area contributed by atoms with Crippen molar-refractivity contribution in [3.63, 3.8) is 0 Å². The molecule has 2 aliphatic rings. The van der Waals surface area contributed by atoms with Gasteiger partial charge in [0.15, 0.2) is 11.6 Å². The van der Waals surface area contributed by atoms with Crippen LogP contribution in [0.4, 0.5) is 4.39 Å². The van der Waals surface area contributed by atoms with E-state index in [2.05, 4.69) is 10.2 Å². The summed E-state index contributed by atoms with van der Waals surface area (Å²) >= 11 is 0. The first kappa shape index (κ1) is 16.6. The first-order valence-electron chi connectivity index (χ1n) is 7.81. The average Bonchev–Trinajstić information content (AvgIpc) is 3.06. The maximum absolute atomic E-state index is 13.8. The van der Waals surface area contributed by atoms with Crippen LogP contribution in [0.1, 0.15) is 6.42 Å². The van der Waals surface area contributed by atoms with Crippen molar-refractivity contribution in [1.29, 1.82) is 0 Å². The average molecular weight is 343 g/mol. The van der Waals surface area contributed by atoms with Crippen molar-refractivity contribution in [3.8, 4) is 5.75 Å². The molecule has 3 rings (SSSR count). The van der Waals surface area contributed by atoms with Crippen molar-refractivity contribution >= 4 is 10.0 Å². The van der Waals surface area contributed by atoms with Gasteiger partial charge in [0.1, 0.15) is 0 Å². The van der Waals surface area contributed by atoms with Gasteiger partial charge < -0.3 is 10.1 Å². The molecule has 0 spiro atoms. The highest BCUT2D eigenvalue weighted by Crippen LogP contribution is 2.26. The number of hydrogen-bond donors (Lipinski definition) is 1. The molecular weight excluding hydrogens is 321 g/mol. The molecule has 0 saturated carbocycles. The maximum Gasteiger partial charge on any atom is 0.243 e. The lowest BCUT2D eigenvalue weighted by Gasteiger charge is -2.32. The molecular formula is C15H22FN3O3S. The number of piperazine rings is 1. The Labute approximate surface area is 136 Å². The third kappa shape index (κ3) is 3.35. The summed E-state index contributed by atoms with van der Waals surface area (Å²) in [6.45, 7) is 4.70. The second kappa shape index (κ2) is 6.72. The van der Waals surface area contributed by atoms with E-state index in [1.807, 2.05) is 0 Å². The minimum absolute atomic E-state index is 0.0169. The van der Waals surface area contributed by atoms with E-state index in [1.54, 1.807) is 0 Å². The number of benzene rings is 1. The molecule has 0 bridgehead atoms. The fourth-order valence-electron chi connectivity index (χ4n) is 3.23. The van der Waals surface area contributed by atoms with Crippen molar-refractivity contribution in [2.45, 2.75) is 17.4 Å². The molecule has 128 valence electrons. The van der Waals surface area contributed by atoms with Crippen LogP contribution in [0.3, 0.4) is 0 Å². The van der Waals surface area contributed by atoms with Gasteiger partial charge >= 0.3 is 0 Å². The van der Waals surface area contributed by atoms with E-state index in [4.69, 9.17) is 4.74 Å². The molecule has 0 amide bonds. The van der Waals surface area contributed by atoms with Gasteiger partial charge in [-0.2, -0.15) is 4.31 Å². The molecule has 2 saturated heterocycles. The molecule has 1 aromatic rings. The number of halogens is 1. The van der Waals surface area contributed by atoms with Gasteiger partial charge in [0.05, 0.1) is 12.0 Å². The van der Waals surface area contributed by atoms with Crippen molar-refractivity contribution < 1.29 is 17.5 Å². The molecule has 23 heavy (non-hydrogen) atoms. The lowest BCUT2D eigenvalue weighted by molar-refractivity contribution is 0.179. The Morgan fingerprint density at radius 3 is 2.65 bits per heavy atom. The van der Waals surface area contributed by atoms with Gasteiger partial charge in [-0.05, 0) is 24.6 Å². The Balaban J connectivity index is 1.74. The van der Waals surface area contributed by atoms with Crippen molar-refractivity contribution in [1.82, 2.24) is 14.5 Å². The summed E-state index contributed by atoms with van der Waals surface area (Å²) in [5, 5.41) is 3.30. The maximum atomic E-state index is 13.8. The first-order chi connectivity index (χ1) is 11.0. The lowest BCUT2D eigenvalue weighted by Crippen LogP contribution is -2.49.